The van der Waals surface area contributed by atoms with Crippen LogP contribution in [0.15, 0.2) is 0 Å². The molecule has 66 valence electrons. The Balaban J connectivity index is 4.10. The fourth-order valence-corrected chi connectivity index (χ4v) is 0.833. The number of nitrogens with two attached hydrogens (primary N) is 1. The summed E-state index contributed by atoms with van der Waals surface area (Å²) in [6, 6.07) is -0.941. The van der Waals surface area contributed by atoms with Gasteiger partial charge in [0.1, 0.15) is 6.04 Å². The van der Waals surface area contributed by atoms with Crippen molar-refractivity contribution in [2.75, 3.05) is 0 Å². The van der Waals surface area contributed by atoms with Gasteiger partial charge in [-0.25, -0.2) is 4.79 Å². The van der Waals surface area contributed by atoms with Crippen molar-refractivity contribution < 1.29 is 17.4 Å². The molecule has 1 atom stereocenters. The number of hydrogen-bond acceptors (Lipinski definition) is 5. The van der Waals surface area contributed by atoms with Crippen molar-refractivity contribution in [2.45, 2.75) is 19.4 Å². The summed E-state index contributed by atoms with van der Waals surface area (Å²) in [6.45, 7) is 1.62. The highest BCUT2D eigenvalue weighted by Crippen LogP contribution is 2.01. The molecule has 5 nitrogen and oxygen atoms in total. The van der Waals surface area contributed by atoms with Crippen molar-refractivity contribution in [3.8, 4) is 0 Å². The minimum Gasteiger partial charge on any atom is -0.332 e. The van der Waals surface area contributed by atoms with Gasteiger partial charge < -0.3 is 9.92 Å². The van der Waals surface area contributed by atoms with E-state index in [0.717, 1.165) is 0 Å². The first kappa shape index (κ1) is 10.7. The van der Waals surface area contributed by atoms with E-state index >= 15 is 0 Å². The Morgan fingerprint density at radius 3 is 2.45 bits per heavy atom. The summed E-state index contributed by atoms with van der Waals surface area (Å²) in [6.07, 6.45) is 0.297. The minimum absolute atomic E-state index is 0.297. The first-order valence-corrected chi connectivity index (χ1v) is 5.03. The van der Waals surface area contributed by atoms with Crippen LogP contribution >= 0.6 is 10.7 Å². The number of hydrogen-bond donors (Lipinski definition) is 1. The summed E-state index contributed by atoms with van der Waals surface area (Å²) >= 11 is 0. The van der Waals surface area contributed by atoms with E-state index in [2.05, 4.69) is 14.9 Å². The molecule has 2 N–H and O–H groups in total. The zero-order chi connectivity index (χ0) is 9.07. The van der Waals surface area contributed by atoms with Gasteiger partial charge in [0, 0.05) is 0 Å². The van der Waals surface area contributed by atoms with Crippen molar-refractivity contribution in [3.05, 3.63) is 0 Å². The van der Waals surface area contributed by atoms with E-state index in [0.29, 0.717) is 6.42 Å². The van der Waals surface area contributed by atoms with Crippen LogP contribution in [-0.2, 0) is 18.3 Å². The van der Waals surface area contributed by atoms with Crippen molar-refractivity contribution >= 4 is 26.0 Å². The molecule has 0 aliphatic rings. The monoisotopic (exact) mass is 201 g/mol. The highest BCUT2D eigenvalue weighted by atomic mass is 35.7. The maximum absolute atomic E-state index is 10.6. The van der Waals surface area contributed by atoms with Gasteiger partial charge in [-0.2, -0.15) is 8.42 Å². The molecule has 0 aromatic rings. The summed E-state index contributed by atoms with van der Waals surface area (Å²) in [5.41, 5.74) is 5.13. The third-order valence-electron chi connectivity index (χ3n) is 0.924. The van der Waals surface area contributed by atoms with Gasteiger partial charge in [0.05, 0.1) is 10.7 Å². The van der Waals surface area contributed by atoms with E-state index in [1.807, 2.05) is 0 Å². The Labute approximate surface area is 69.1 Å². The average molecular weight is 202 g/mol. The predicted octanol–water partition coefficient (Wildman–Crippen LogP) is -0.249. The molecule has 0 saturated carbocycles. The number of rotatable bonds is 3. The van der Waals surface area contributed by atoms with E-state index < -0.39 is 21.3 Å². The molecule has 0 spiro atoms. The molecule has 0 saturated heterocycles. The Morgan fingerprint density at radius 1 is 1.73 bits per heavy atom. The molecule has 1 unspecified atom stereocenters. The lowest BCUT2D eigenvalue weighted by molar-refractivity contribution is -0.135. The second-order valence-electron chi connectivity index (χ2n) is 1.81. The van der Waals surface area contributed by atoms with E-state index in [4.69, 9.17) is 5.73 Å². The summed E-state index contributed by atoms with van der Waals surface area (Å²) in [5, 5.41) is 0. The van der Waals surface area contributed by atoms with Crippen molar-refractivity contribution in [3.63, 3.8) is 0 Å². The molecule has 0 aliphatic heterocycles. The predicted molar refractivity (Wildman–Crippen MR) is 39.1 cm³/mol. The summed E-state index contributed by atoms with van der Waals surface area (Å²) < 4.78 is 24.0. The average Bonchev–Trinajstić information content (AvgIpc) is 1.82. The molecule has 0 aromatic heterocycles. The standard InChI is InChI=1S/C4H8ClNO4S/c1-2-3(6)4(7)10-11(5,8)9/h3H,2,6H2,1H3. The first-order valence-electron chi connectivity index (χ1n) is 2.80. The van der Waals surface area contributed by atoms with Crippen LogP contribution in [0.3, 0.4) is 0 Å². The van der Waals surface area contributed by atoms with Gasteiger partial charge >= 0.3 is 15.3 Å². The molecule has 0 heterocycles. The van der Waals surface area contributed by atoms with Crippen molar-refractivity contribution in [1.82, 2.24) is 0 Å². The molecule has 0 aromatic carbocycles. The van der Waals surface area contributed by atoms with Gasteiger partial charge in [-0.15, -0.1) is 0 Å². The topological polar surface area (TPSA) is 86.5 Å². The van der Waals surface area contributed by atoms with E-state index in [-0.39, 0.29) is 0 Å². The largest absolute Gasteiger partial charge is 0.403 e. The third-order valence-corrected chi connectivity index (χ3v) is 1.48. The van der Waals surface area contributed by atoms with Crippen LogP contribution in [0.4, 0.5) is 0 Å². The zero-order valence-corrected chi connectivity index (χ0v) is 7.35. The van der Waals surface area contributed by atoms with Crippen LogP contribution in [0, 0.1) is 0 Å². The fourth-order valence-electron chi connectivity index (χ4n) is 0.327. The first-order chi connectivity index (χ1) is 4.87. The van der Waals surface area contributed by atoms with Crippen LogP contribution in [0.1, 0.15) is 13.3 Å². The highest BCUT2D eigenvalue weighted by molar-refractivity contribution is 8.10. The van der Waals surface area contributed by atoms with Crippen LogP contribution in [0.2, 0.25) is 0 Å². The quantitative estimate of drug-likeness (QED) is 0.637. The van der Waals surface area contributed by atoms with Crippen LogP contribution in [0.5, 0.6) is 0 Å². The molecule has 7 heteroatoms. The van der Waals surface area contributed by atoms with Gasteiger partial charge in [0.25, 0.3) is 0 Å². The number of carbonyl (C=O) groups excluding carboxylic acids is 1. The maximum Gasteiger partial charge on any atom is 0.403 e. The molecule has 0 fully saturated rings. The summed E-state index contributed by atoms with van der Waals surface area (Å²) in [7, 11) is 0.367. The Bertz CT molecular complexity index is 236. The van der Waals surface area contributed by atoms with Gasteiger partial charge in [-0.1, -0.05) is 6.92 Å². The lowest BCUT2D eigenvalue weighted by atomic mass is 10.2. The van der Waals surface area contributed by atoms with E-state index in [9.17, 15) is 13.2 Å². The molecule has 0 aliphatic carbocycles. The molecule has 0 rings (SSSR count). The van der Waals surface area contributed by atoms with Gasteiger partial charge in [-0.05, 0) is 6.42 Å². The third kappa shape index (κ3) is 5.00. The van der Waals surface area contributed by atoms with Gasteiger partial charge in [0.15, 0.2) is 0 Å². The van der Waals surface area contributed by atoms with Gasteiger partial charge in [0.2, 0.25) is 0 Å². The van der Waals surface area contributed by atoms with Crippen LogP contribution in [0.25, 0.3) is 0 Å². The molecular weight excluding hydrogens is 194 g/mol. The lowest BCUT2D eigenvalue weighted by Gasteiger charge is -2.04. The number of carbonyl (C=O) groups is 1. The van der Waals surface area contributed by atoms with Crippen molar-refractivity contribution in [2.24, 2.45) is 5.73 Å². The SMILES string of the molecule is CCC(N)C(=O)OS(=O)(=O)Cl. The molecule has 0 bridgehead atoms. The highest BCUT2D eigenvalue weighted by Gasteiger charge is 2.18. The molecular formula is C4H8ClNO4S. The second kappa shape index (κ2) is 3.89. The second-order valence-corrected chi connectivity index (χ2v) is 3.90. The van der Waals surface area contributed by atoms with E-state index in [1.54, 1.807) is 6.92 Å². The van der Waals surface area contributed by atoms with Gasteiger partial charge in [-0.3, -0.25) is 0 Å². The number of halogens is 1. The fraction of sp³-hybridized carbons (Fsp3) is 0.750. The molecule has 11 heavy (non-hydrogen) atoms. The smallest absolute Gasteiger partial charge is 0.332 e. The summed E-state index contributed by atoms with van der Waals surface area (Å²) in [4.78, 5) is 10.6. The minimum atomic E-state index is -4.24. The maximum atomic E-state index is 10.6. The Morgan fingerprint density at radius 2 is 2.18 bits per heavy atom. The normalized spacial score (nSPS) is 14.1. The Hall–Kier alpha value is -0.330. The lowest BCUT2D eigenvalue weighted by Crippen LogP contribution is -2.32. The van der Waals surface area contributed by atoms with E-state index in [1.165, 1.54) is 0 Å². The van der Waals surface area contributed by atoms with Crippen molar-refractivity contribution in [1.29, 1.82) is 0 Å². The van der Waals surface area contributed by atoms with Crippen LogP contribution in [-0.4, -0.2) is 20.4 Å². The zero-order valence-electron chi connectivity index (χ0n) is 5.78. The Kier molecular flexibility index (Phi) is 3.77. The summed E-state index contributed by atoms with van der Waals surface area (Å²) in [5.74, 6) is -1.04. The molecule has 0 amide bonds. The van der Waals surface area contributed by atoms with Crippen LogP contribution < -0.4 is 5.73 Å². The molecule has 0 radical (unpaired) electrons.